The summed E-state index contributed by atoms with van der Waals surface area (Å²) in [5.74, 6) is 1.01. The Kier molecular flexibility index (Phi) is 7.77. The maximum atomic E-state index is 9.31. The summed E-state index contributed by atoms with van der Waals surface area (Å²) >= 11 is 0. The average molecular weight is 735 g/mol. The summed E-state index contributed by atoms with van der Waals surface area (Å²) in [5.41, 5.74) is 14.1. The minimum absolute atomic E-state index is 0.0211. The van der Waals surface area contributed by atoms with Gasteiger partial charge >= 0.3 is 0 Å². The average Bonchev–Trinajstić information content (AvgIpc) is 3.75. The third-order valence-electron chi connectivity index (χ3n) is 12.4. The highest BCUT2D eigenvalue weighted by atomic mass is 15.9. The molecule has 2 unspecified atom stereocenters. The Morgan fingerprint density at radius 3 is 2.11 bits per heavy atom. The standard InChI is InChI=1S/C53H42N4/c1-36-17-15-21-39(33-36)52-55(57(52)51(54)38-19-5-2-6-20-38)35-37-18-16-26-42(34-37)56-48-30-14-12-28-44(48)46-32-31-45-43-27-11-13-29-47(43)53(49(45)50(46)56,40-22-7-3-8-23-40)41-24-9-4-10-25-41/h2-16,18-34,36,52,54H,17,35H2,1H3/t36?,52?,55-,57?/m1/s1. The number of fused-ring (bicyclic) bond motifs is 7. The molecular formula is C53H42N4. The number of amidine groups is 1. The van der Waals surface area contributed by atoms with Gasteiger partial charge < -0.3 is 4.57 Å². The van der Waals surface area contributed by atoms with E-state index in [1.165, 1.54) is 66.3 Å². The topological polar surface area (TPSA) is 34.8 Å². The summed E-state index contributed by atoms with van der Waals surface area (Å²) < 4.78 is 2.52. The van der Waals surface area contributed by atoms with Gasteiger partial charge in [0.05, 0.1) is 16.4 Å². The quantitative estimate of drug-likeness (QED) is 0.101. The summed E-state index contributed by atoms with van der Waals surface area (Å²) in [6.07, 6.45) is 8.00. The van der Waals surface area contributed by atoms with Gasteiger partial charge in [0.1, 0.15) is 12.0 Å². The number of hydrazine groups is 1. The van der Waals surface area contributed by atoms with Gasteiger partial charge in [0.15, 0.2) is 0 Å². The van der Waals surface area contributed by atoms with Gasteiger partial charge in [-0.2, -0.15) is 5.01 Å². The lowest BCUT2D eigenvalue weighted by Gasteiger charge is -2.34. The number of hydrogen-bond donors (Lipinski definition) is 1. The van der Waals surface area contributed by atoms with Crippen LogP contribution in [0.25, 0.3) is 38.6 Å². The van der Waals surface area contributed by atoms with Gasteiger partial charge in [0, 0.05) is 34.1 Å². The molecule has 274 valence electrons. The van der Waals surface area contributed by atoms with Crippen molar-refractivity contribution < 1.29 is 0 Å². The molecule has 3 atom stereocenters. The number of nitrogens with one attached hydrogen (secondary N) is 1. The second kappa shape index (κ2) is 13.2. The van der Waals surface area contributed by atoms with Crippen molar-refractivity contribution in [3.8, 4) is 16.8 Å². The van der Waals surface area contributed by atoms with Gasteiger partial charge in [-0.3, -0.25) is 10.4 Å². The minimum atomic E-state index is -0.540. The van der Waals surface area contributed by atoms with E-state index in [4.69, 9.17) is 0 Å². The van der Waals surface area contributed by atoms with Crippen molar-refractivity contribution in [2.24, 2.45) is 5.92 Å². The van der Waals surface area contributed by atoms with E-state index in [-0.39, 0.29) is 6.17 Å². The normalized spacial score (nSPS) is 19.0. The molecule has 2 aliphatic carbocycles. The molecule has 1 saturated heterocycles. The van der Waals surface area contributed by atoms with Crippen LogP contribution in [-0.2, 0) is 12.0 Å². The van der Waals surface area contributed by atoms with Crippen molar-refractivity contribution in [2.75, 3.05) is 0 Å². The lowest BCUT2D eigenvalue weighted by molar-refractivity contribution is 0.392. The molecule has 57 heavy (non-hydrogen) atoms. The van der Waals surface area contributed by atoms with E-state index in [2.05, 4.69) is 185 Å². The van der Waals surface area contributed by atoms with Gasteiger partial charge in [-0.25, -0.2) is 0 Å². The highest BCUT2D eigenvalue weighted by molar-refractivity contribution is 6.14. The summed E-state index contributed by atoms with van der Waals surface area (Å²) in [6.45, 7) is 2.96. The van der Waals surface area contributed by atoms with Crippen molar-refractivity contribution >= 4 is 27.6 Å². The number of nitrogens with zero attached hydrogens (tertiary/aromatic N) is 3. The lowest BCUT2D eigenvalue weighted by Crippen LogP contribution is -2.29. The molecule has 3 aliphatic rings. The fourth-order valence-electron chi connectivity index (χ4n) is 9.94. The molecule has 0 bridgehead atoms. The third kappa shape index (κ3) is 5.14. The summed E-state index contributed by atoms with van der Waals surface area (Å²) in [6, 6.07) is 64.0. The molecular weight excluding hydrogens is 693 g/mol. The monoisotopic (exact) mass is 734 g/mol. The summed E-state index contributed by atoms with van der Waals surface area (Å²) in [7, 11) is 0. The molecule has 4 nitrogen and oxygen atoms in total. The van der Waals surface area contributed by atoms with Crippen LogP contribution < -0.4 is 0 Å². The van der Waals surface area contributed by atoms with Crippen LogP contribution >= 0.6 is 0 Å². The van der Waals surface area contributed by atoms with Gasteiger partial charge in [0.2, 0.25) is 0 Å². The zero-order chi connectivity index (χ0) is 38.1. The molecule has 7 aromatic carbocycles. The Labute approximate surface area is 333 Å². The van der Waals surface area contributed by atoms with Crippen molar-refractivity contribution in [2.45, 2.75) is 31.5 Å². The van der Waals surface area contributed by atoms with Crippen LogP contribution in [0.4, 0.5) is 0 Å². The van der Waals surface area contributed by atoms with Gasteiger partial charge in [-0.05, 0) is 69.5 Å². The molecule has 1 aliphatic heterocycles. The van der Waals surface area contributed by atoms with E-state index in [1.54, 1.807) is 0 Å². The molecule has 2 heterocycles. The predicted octanol–water partition coefficient (Wildman–Crippen LogP) is 12.1. The Hall–Kier alpha value is -6.75. The van der Waals surface area contributed by atoms with Gasteiger partial charge in [-0.15, -0.1) is 0 Å². The van der Waals surface area contributed by atoms with E-state index < -0.39 is 5.41 Å². The van der Waals surface area contributed by atoms with Gasteiger partial charge in [-0.1, -0.05) is 183 Å². The van der Waals surface area contributed by atoms with Crippen LogP contribution in [-0.4, -0.2) is 26.6 Å². The Morgan fingerprint density at radius 2 is 1.35 bits per heavy atom. The number of allylic oxidation sites excluding steroid dienone is 2. The van der Waals surface area contributed by atoms with E-state index in [0.29, 0.717) is 18.3 Å². The number of benzene rings is 7. The summed E-state index contributed by atoms with van der Waals surface area (Å²) in [4.78, 5) is 0. The Morgan fingerprint density at radius 1 is 0.667 bits per heavy atom. The van der Waals surface area contributed by atoms with Crippen LogP contribution in [0.1, 0.15) is 46.7 Å². The molecule has 0 amide bonds. The zero-order valence-corrected chi connectivity index (χ0v) is 31.9. The van der Waals surface area contributed by atoms with Crippen LogP contribution in [0.2, 0.25) is 0 Å². The first-order chi connectivity index (χ1) is 28.1. The largest absolute Gasteiger partial charge is 0.309 e. The maximum absolute atomic E-state index is 9.31. The van der Waals surface area contributed by atoms with E-state index >= 15 is 0 Å². The Bertz CT molecular complexity index is 2860. The molecule has 0 radical (unpaired) electrons. The van der Waals surface area contributed by atoms with Crippen LogP contribution in [0.3, 0.4) is 0 Å². The van der Waals surface area contributed by atoms with Crippen molar-refractivity contribution in [3.05, 3.63) is 233 Å². The predicted molar refractivity (Wildman–Crippen MR) is 234 cm³/mol. The number of hydrogen-bond acceptors (Lipinski definition) is 2. The van der Waals surface area contributed by atoms with E-state index in [0.717, 1.165) is 17.7 Å². The van der Waals surface area contributed by atoms with E-state index in [1.807, 2.05) is 30.3 Å². The molecule has 8 aromatic rings. The summed E-state index contributed by atoms with van der Waals surface area (Å²) in [5, 5.41) is 16.3. The SMILES string of the molecule is CC1C=C(C2N(C(=N)c3ccccc3)[N@]2Cc2cccc(-n3c4ccccc4c4ccc5c(c43)C(c3ccccc3)(c3ccccc3)c3ccccc3-5)c2)C=CC1. The smallest absolute Gasteiger partial charge is 0.144 e. The van der Waals surface area contributed by atoms with Crippen molar-refractivity contribution in [3.63, 3.8) is 0 Å². The molecule has 4 heteroatoms. The molecule has 11 rings (SSSR count). The lowest BCUT2D eigenvalue weighted by atomic mass is 9.67. The second-order valence-electron chi connectivity index (χ2n) is 15.7. The second-order valence-corrected chi connectivity index (χ2v) is 15.7. The fraction of sp³-hybridized carbons (Fsp3) is 0.113. The Balaban J connectivity index is 1.11. The highest BCUT2D eigenvalue weighted by Crippen LogP contribution is 2.59. The highest BCUT2D eigenvalue weighted by Gasteiger charge is 2.50. The first-order valence-electron chi connectivity index (χ1n) is 20.1. The molecule has 1 aromatic heterocycles. The maximum Gasteiger partial charge on any atom is 0.144 e. The fourth-order valence-corrected chi connectivity index (χ4v) is 9.94. The zero-order valence-electron chi connectivity index (χ0n) is 31.9. The number of rotatable bonds is 7. The number of para-hydroxylation sites is 1. The van der Waals surface area contributed by atoms with Gasteiger partial charge in [0.25, 0.3) is 0 Å². The molecule has 0 spiro atoms. The third-order valence-corrected chi connectivity index (χ3v) is 12.4. The van der Waals surface area contributed by atoms with Crippen LogP contribution in [0.5, 0.6) is 0 Å². The van der Waals surface area contributed by atoms with E-state index in [9.17, 15) is 5.41 Å². The molecule has 0 saturated carbocycles. The molecule has 1 N–H and O–H groups in total. The number of aromatic nitrogens is 1. The van der Waals surface area contributed by atoms with Crippen molar-refractivity contribution in [1.82, 2.24) is 14.6 Å². The van der Waals surface area contributed by atoms with Crippen LogP contribution in [0, 0.1) is 11.3 Å². The molecule has 1 fully saturated rings. The minimum Gasteiger partial charge on any atom is -0.309 e. The van der Waals surface area contributed by atoms with Crippen LogP contribution in [0.15, 0.2) is 200 Å². The first-order valence-corrected chi connectivity index (χ1v) is 20.1. The van der Waals surface area contributed by atoms with Crippen molar-refractivity contribution in [1.29, 1.82) is 5.41 Å². The first kappa shape index (κ1) is 33.6.